The van der Waals surface area contributed by atoms with E-state index in [-0.39, 0.29) is 11.7 Å². The van der Waals surface area contributed by atoms with Gasteiger partial charge in [-0.15, -0.1) is 0 Å². The molecule has 7 heteroatoms. The molecule has 0 bridgehead atoms. The molecule has 132 valence electrons. The molecular weight excluding hydrogens is 338 g/mol. The smallest absolute Gasteiger partial charge is 0.251 e. The van der Waals surface area contributed by atoms with Gasteiger partial charge in [0.15, 0.2) is 6.20 Å². The lowest BCUT2D eigenvalue weighted by Gasteiger charge is -2.26. The van der Waals surface area contributed by atoms with Gasteiger partial charge in [-0.25, -0.2) is 0 Å². The van der Waals surface area contributed by atoms with E-state index < -0.39 is 0 Å². The Morgan fingerprint density at radius 3 is 2.68 bits per heavy atom. The quantitative estimate of drug-likeness (QED) is 0.485. The number of nitrogens with zero attached hydrogens (tertiary/aromatic N) is 2. The van der Waals surface area contributed by atoms with E-state index in [2.05, 4.69) is 10.2 Å². The molecule has 1 saturated heterocycles. The molecule has 1 fully saturated rings. The SMILES string of the molecule is O=C(CSc1cccc[n+]1[O-])Nc1ccc(CN2CCOCC2)cc1. The van der Waals surface area contributed by atoms with Crippen molar-refractivity contribution in [1.29, 1.82) is 0 Å². The zero-order valence-electron chi connectivity index (χ0n) is 13.9. The Hall–Kier alpha value is -2.09. The molecule has 0 aliphatic carbocycles. The Morgan fingerprint density at radius 1 is 1.20 bits per heavy atom. The van der Waals surface area contributed by atoms with Gasteiger partial charge in [0.1, 0.15) is 0 Å². The molecule has 0 radical (unpaired) electrons. The number of pyridine rings is 1. The summed E-state index contributed by atoms with van der Waals surface area (Å²) >= 11 is 1.22. The lowest BCUT2D eigenvalue weighted by atomic mass is 10.2. The van der Waals surface area contributed by atoms with Crippen molar-refractivity contribution in [3.63, 3.8) is 0 Å². The van der Waals surface area contributed by atoms with Crippen molar-refractivity contribution >= 4 is 23.4 Å². The largest absolute Gasteiger partial charge is 0.618 e. The molecule has 1 aliphatic rings. The first-order valence-corrected chi connectivity index (χ1v) is 9.19. The Kier molecular flexibility index (Phi) is 6.27. The minimum Gasteiger partial charge on any atom is -0.618 e. The highest BCUT2D eigenvalue weighted by atomic mass is 32.2. The minimum atomic E-state index is -0.130. The summed E-state index contributed by atoms with van der Waals surface area (Å²) in [5.41, 5.74) is 1.98. The summed E-state index contributed by atoms with van der Waals surface area (Å²) in [5.74, 6) is 0.0664. The van der Waals surface area contributed by atoms with Crippen molar-refractivity contribution in [2.75, 3.05) is 37.4 Å². The molecule has 6 nitrogen and oxygen atoms in total. The summed E-state index contributed by atoms with van der Waals surface area (Å²) in [6.07, 6.45) is 1.42. The van der Waals surface area contributed by atoms with Crippen molar-refractivity contribution in [2.45, 2.75) is 11.6 Å². The number of ether oxygens (including phenoxy) is 1. The molecular formula is C18H21N3O3S. The maximum absolute atomic E-state index is 12.0. The highest BCUT2D eigenvalue weighted by molar-refractivity contribution is 7.99. The summed E-state index contributed by atoms with van der Waals surface area (Å²) < 4.78 is 6.11. The van der Waals surface area contributed by atoms with Crippen LogP contribution >= 0.6 is 11.8 Å². The molecule has 0 spiro atoms. The van der Waals surface area contributed by atoms with Crippen LogP contribution in [0.25, 0.3) is 0 Å². The summed E-state index contributed by atoms with van der Waals surface area (Å²) in [4.78, 5) is 14.4. The normalized spacial score (nSPS) is 15.0. The molecule has 3 rings (SSSR count). The number of thioether (sulfide) groups is 1. The van der Waals surface area contributed by atoms with Crippen LogP contribution in [0.3, 0.4) is 0 Å². The predicted octanol–water partition coefficient (Wildman–Crippen LogP) is 1.88. The van der Waals surface area contributed by atoms with Gasteiger partial charge in [0.2, 0.25) is 5.91 Å². The topological polar surface area (TPSA) is 68.5 Å². The van der Waals surface area contributed by atoms with Crippen molar-refractivity contribution in [1.82, 2.24) is 4.90 Å². The van der Waals surface area contributed by atoms with Crippen LogP contribution in [0.4, 0.5) is 5.69 Å². The van der Waals surface area contributed by atoms with Crippen LogP contribution in [0.5, 0.6) is 0 Å². The van der Waals surface area contributed by atoms with Crippen molar-refractivity contribution in [3.05, 3.63) is 59.4 Å². The minimum absolute atomic E-state index is 0.130. The molecule has 25 heavy (non-hydrogen) atoms. The molecule has 1 N–H and O–H groups in total. The number of morpholine rings is 1. The number of carbonyl (C=O) groups is 1. The number of aromatic nitrogens is 1. The van der Waals surface area contributed by atoms with Crippen LogP contribution in [0, 0.1) is 5.21 Å². The summed E-state index contributed by atoms with van der Waals surface area (Å²) in [6.45, 7) is 4.38. The van der Waals surface area contributed by atoms with Crippen molar-refractivity contribution in [2.24, 2.45) is 0 Å². The van der Waals surface area contributed by atoms with Gasteiger partial charge in [-0.05, 0) is 35.5 Å². The summed E-state index contributed by atoms with van der Waals surface area (Å²) in [5, 5.41) is 14.9. The van der Waals surface area contributed by atoms with Crippen LogP contribution in [0.1, 0.15) is 5.56 Å². The Bertz CT molecular complexity index is 703. The number of benzene rings is 1. The Balaban J connectivity index is 1.47. The van der Waals surface area contributed by atoms with Gasteiger partial charge < -0.3 is 15.3 Å². The van der Waals surface area contributed by atoms with Gasteiger partial charge in [-0.2, -0.15) is 4.73 Å². The van der Waals surface area contributed by atoms with Gasteiger partial charge in [0, 0.05) is 37.5 Å². The maximum atomic E-state index is 12.0. The number of rotatable bonds is 6. The van der Waals surface area contributed by atoms with Crippen LogP contribution in [-0.4, -0.2) is 42.9 Å². The van der Waals surface area contributed by atoms with Gasteiger partial charge in [0.05, 0.1) is 19.0 Å². The monoisotopic (exact) mass is 359 g/mol. The number of nitrogens with one attached hydrogen (secondary N) is 1. The third-order valence-corrected chi connectivity index (χ3v) is 4.91. The first-order valence-electron chi connectivity index (χ1n) is 8.20. The second-order valence-corrected chi connectivity index (χ2v) is 6.78. The molecule has 1 amide bonds. The highest BCUT2D eigenvalue weighted by Gasteiger charge is 2.11. The third kappa shape index (κ3) is 5.45. The molecule has 2 heterocycles. The number of hydrogen-bond donors (Lipinski definition) is 1. The van der Waals surface area contributed by atoms with E-state index in [1.165, 1.54) is 23.5 Å². The van der Waals surface area contributed by atoms with E-state index >= 15 is 0 Å². The second-order valence-electron chi connectivity index (χ2n) is 5.79. The predicted molar refractivity (Wildman–Crippen MR) is 97.3 cm³/mol. The van der Waals surface area contributed by atoms with Crippen LogP contribution in [0.2, 0.25) is 0 Å². The Labute approximate surface area is 151 Å². The second kappa shape index (κ2) is 8.84. The van der Waals surface area contributed by atoms with Crippen molar-refractivity contribution < 1.29 is 14.3 Å². The van der Waals surface area contributed by atoms with Gasteiger partial charge in [-0.3, -0.25) is 9.69 Å². The van der Waals surface area contributed by atoms with Crippen LogP contribution < -0.4 is 10.0 Å². The Morgan fingerprint density at radius 2 is 1.96 bits per heavy atom. The maximum Gasteiger partial charge on any atom is 0.251 e. The average Bonchev–Trinajstić information content (AvgIpc) is 2.64. The molecule has 1 aliphatic heterocycles. The first kappa shape index (κ1) is 17.7. The zero-order chi connectivity index (χ0) is 17.5. The fourth-order valence-electron chi connectivity index (χ4n) is 2.57. The van der Waals surface area contributed by atoms with Gasteiger partial charge >= 0.3 is 0 Å². The number of carbonyl (C=O) groups excluding carboxylic acids is 1. The van der Waals surface area contributed by atoms with Gasteiger partial charge in [0.25, 0.3) is 5.03 Å². The number of hydrogen-bond acceptors (Lipinski definition) is 5. The first-order chi connectivity index (χ1) is 12.2. The number of amides is 1. The van der Waals surface area contributed by atoms with E-state index in [0.717, 1.165) is 43.3 Å². The summed E-state index contributed by atoms with van der Waals surface area (Å²) in [7, 11) is 0. The third-order valence-electron chi connectivity index (χ3n) is 3.89. The van der Waals surface area contributed by atoms with Gasteiger partial charge in [-0.1, -0.05) is 12.1 Å². The summed E-state index contributed by atoms with van der Waals surface area (Å²) in [6, 6.07) is 13.0. The number of anilines is 1. The lowest BCUT2D eigenvalue weighted by Crippen LogP contribution is -2.35. The molecule has 2 aromatic rings. The zero-order valence-corrected chi connectivity index (χ0v) is 14.7. The van der Waals surface area contributed by atoms with Crippen LogP contribution in [0.15, 0.2) is 53.7 Å². The lowest BCUT2D eigenvalue weighted by molar-refractivity contribution is -0.645. The molecule has 1 aromatic heterocycles. The van der Waals surface area contributed by atoms with E-state index in [1.54, 1.807) is 18.2 Å². The van der Waals surface area contributed by atoms with E-state index in [4.69, 9.17) is 4.74 Å². The molecule has 0 unspecified atom stereocenters. The van der Waals surface area contributed by atoms with E-state index in [0.29, 0.717) is 5.03 Å². The van der Waals surface area contributed by atoms with Crippen LogP contribution in [-0.2, 0) is 16.1 Å². The highest BCUT2D eigenvalue weighted by Crippen LogP contribution is 2.15. The standard InChI is InChI=1S/C18H21N3O3S/c22-17(14-25-18-3-1-2-8-21(18)23)19-16-6-4-15(5-7-16)13-20-9-11-24-12-10-20/h1-8H,9-14H2,(H,19,22). The van der Waals surface area contributed by atoms with E-state index in [1.807, 2.05) is 24.3 Å². The molecule has 0 saturated carbocycles. The fraction of sp³-hybridized carbons (Fsp3) is 0.333. The fourth-order valence-corrected chi connectivity index (χ4v) is 3.29. The molecule has 0 atom stereocenters. The van der Waals surface area contributed by atoms with Crippen molar-refractivity contribution in [3.8, 4) is 0 Å². The molecule has 1 aromatic carbocycles. The van der Waals surface area contributed by atoms with E-state index in [9.17, 15) is 10.0 Å². The average molecular weight is 359 g/mol.